The normalized spacial score (nSPS) is 7.25. The standard InChI is InChI=1S/C5H8O2.Fe/c1-4(6)3-5(2)7;/h3H2,1-2H3;. The fourth-order valence-corrected chi connectivity index (χ4v) is 0.351. The molecule has 0 spiro atoms. The number of Topliss-reactive ketones (excluding diaryl/α,β-unsaturated/α-hetero) is 2. The molecule has 0 amide bonds. The number of hydrogen-bond donors (Lipinski definition) is 0. The Morgan fingerprint density at radius 2 is 1.38 bits per heavy atom. The third kappa shape index (κ3) is 9.29. The van der Waals surface area contributed by atoms with Gasteiger partial charge in [0.25, 0.3) is 0 Å². The molecule has 0 N–H and O–H groups in total. The molecule has 0 saturated heterocycles. The van der Waals surface area contributed by atoms with E-state index in [-0.39, 0.29) is 35.1 Å². The van der Waals surface area contributed by atoms with Crippen molar-refractivity contribution in [1.82, 2.24) is 0 Å². The minimum Gasteiger partial charge on any atom is -0.300 e. The van der Waals surface area contributed by atoms with Gasteiger partial charge in [-0.25, -0.2) is 0 Å². The minimum atomic E-state index is -0.0625. The zero-order valence-corrected chi connectivity index (χ0v) is 5.98. The first-order chi connectivity index (χ1) is 3.13. The van der Waals surface area contributed by atoms with Crippen LogP contribution in [-0.4, -0.2) is 11.6 Å². The van der Waals surface area contributed by atoms with Gasteiger partial charge in [-0.1, -0.05) is 0 Å². The first kappa shape index (κ1) is 10.8. The third-order valence-corrected chi connectivity index (χ3v) is 0.498. The van der Waals surface area contributed by atoms with E-state index in [0.29, 0.717) is 0 Å². The molecule has 0 aliphatic carbocycles. The number of rotatable bonds is 2. The number of carbonyl (C=O) groups is 2. The van der Waals surface area contributed by atoms with Crippen LogP contribution in [0.15, 0.2) is 0 Å². The van der Waals surface area contributed by atoms with Crippen molar-refractivity contribution in [3.63, 3.8) is 0 Å². The molecule has 0 rings (SSSR count). The van der Waals surface area contributed by atoms with Crippen LogP contribution in [0.3, 0.4) is 0 Å². The van der Waals surface area contributed by atoms with Gasteiger partial charge >= 0.3 is 0 Å². The van der Waals surface area contributed by atoms with Crippen molar-refractivity contribution >= 4 is 11.6 Å². The van der Waals surface area contributed by atoms with Gasteiger partial charge in [-0.15, -0.1) is 0 Å². The SMILES string of the molecule is CC(=O)CC(C)=O.[Fe]. The molecular formula is C5H8FeO2. The molecule has 0 unspecified atom stereocenters. The smallest absolute Gasteiger partial charge is 0.137 e. The molecule has 0 aromatic rings. The van der Waals surface area contributed by atoms with Crippen molar-refractivity contribution in [3.8, 4) is 0 Å². The van der Waals surface area contributed by atoms with Crippen molar-refractivity contribution in [2.75, 3.05) is 0 Å². The van der Waals surface area contributed by atoms with Crippen LogP contribution < -0.4 is 0 Å². The molecule has 8 heavy (non-hydrogen) atoms. The molecule has 0 radical (unpaired) electrons. The Hall–Kier alpha value is -0.141. The molecule has 0 aliphatic rings. The molecule has 0 fully saturated rings. The van der Waals surface area contributed by atoms with Gasteiger partial charge in [0, 0.05) is 17.1 Å². The average molecular weight is 156 g/mol. The summed E-state index contributed by atoms with van der Waals surface area (Å²) in [4.78, 5) is 20.1. The van der Waals surface area contributed by atoms with Crippen LogP contribution >= 0.6 is 0 Å². The molecule has 0 aromatic carbocycles. The molecule has 2 nitrogen and oxygen atoms in total. The number of carbonyl (C=O) groups excluding carboxylic acids is 2. The van der Waals surface area contributed by atoms with E-state index in [1.54, 1.807) is 0 Å². The van der Waals surface area contributed by atoms with Gasteiger partial charge in [0.1, 0.15) is 11.6 Å². The molecule has 48 valence electrons. The van der Waals surface area contributed by atoms with Gasteiger partial charge in [0.15, 0.2) is 0 Å². The zero-order valence-electron chi connectivity index (χ0n) is 4.88. The van der Waals surface area contributed by atoms with E-state index in [1.165, 1.54) is 13.8 Å². The molecule has 0 bridgehead atoms. The summed E-state index contributed by atoms with van der Waals surface area (Å²) in [5.74, 6) is -0.125. The maximum absolute atomic E-state index is 10.0. The second kappa shape index (κ2) is 5.01. The van der Waals surface area contributed by atoms with E-state index in [9.17, 15) is 9.59 Å². The van der Waals surface area contributed by atoms with E-state index >= 15 is 0 Å². The molecule has 0 atom stereocenters. The summed E-state index contributed by atoms with van der Waals surface area (Å²) in [6.45, 7) is 2.81. The largest absolute Gasteiger partial charge is 0.300 e. The summed E-state index contributed by atoms with van der Waals surface area (Å²) in [6, 6.07) is 0. The van der Waals surface area contributed by atoms with Crippen molar-refractivity contribution in [2.24, 2.45) is 0 Å². The second-order valence-corrected chi connectivity index (χ2v) is 1.58. The predicted octanol–water partition coefficient (Wildman–Crippen LogP) is 0.552. The van der Waals surface area contributed by atoms with Gasteiger partial charge in [-0.3, -0.25) is 9.59 Å². The minimum absolute atomic E-state index is 0. The first-order valence-corrected chi connectivity index (χ1v) is 2.12. The van der Waals surface area contributed by atoms with Gasteiger partial charge in [0.2, 0.25) is 0 Å². The van der Waals surface area contributed by atoms with Crippen LogP contribution in [0, 0.1) is 0 Å². The molecule has 0 heterocycles. The van der Waals surface area contributed by atoms with Crippen LogP contribution in [0.1, 0.15) is 20.3 Å². The van der Waals surface area contributed by atoms with E-state index in [4.69, 9.17) is 0 Å². The Kier molecular flexibility index (Phi) is 6.74. The Bertz CT molecular complexity index is 86.6. The molecule has 3 heteroatoms. The maximum Gasteiger partial charge on any atom is 0.137 e. The molecule has 0 saturated carbocycles. The second-order valence-electron chi connectivity index (χ2n) is 1.58. The molecule has 0 aromatic heterocycles. The maximum atomic E-state index is 10.0. The summed E-state index contributed by atoms with van der Waals surface area (Å²) in [5.41, 5.74) is 0. The Balaban J connectivity index is 0. The van der Waals surface area contributed by atoms with E-state index in [0.717, 1.165) is 0 Å². The molecular weight excluding hydrogens is 148 g/mol. The fourth-order valence-electron chi connectivity index (χ4n) is 0.351. The van der Waals surface area contributed by atoms with Gasteiger partial charge in [-0.2, -0.15) is 0 Å². The Morgan fingerprint density at radius 1 is 1.12 bits per heavy atom. The van der Waals surface area contributed by atoms with Crippen molar-refractivity contribution < 1.29 is 26.7 Å². The van der Waals surface area contributed by atoms with E-state index in [2.05, 4.69) is 0 Å². The first-order valence-electron chi connectivity index (χ1n) is 2.12. The third-order valence-electron chi connectivity index (χ3n) is 0.498. The predicted molar refractivity (Wildman–Crippen MR) is 26.0 cm³/mol. The van der Waals surface area contributed by atoms with Gasteiger partial charge < -0.3 is 0 Å². The quantitative estimate of drug-likeness (QED) is 0.432. The number of hydrogen-bond acceptors (Lipinski definition) is 2. The van der Waals surface area contributed by atoms with E-state index in [1.807, 2.05) is 0 Å². The van der Waals surface area contributed by atoms with Crippen molar-refractivity contribution in [2.45, 2.75) is 20.3 Å². The van der Waals surface area contributed by atoms with Gasteiger partial charge in [-0.05, 0) is 13.8 Å². The summed E-state index contributed by atoms with van der Waals surface area (Å²) in [6.07, 6.45) is 0.0833. The van der Waals surface area contributed by atoms with Gasteiger partial charge in [0.05, 0.1) is 6.42 Å². The average Bonchev–Trinajstić information content (AvgIpc) is 1.27. The van der Waals surface area contributed by atoms with Crippen LogP contribution in [0.5, 0.6) is 0 Å². The monoisotopic (exact) mass is 156 g/mol. The molecule has 0 aliphatic heterocycles. The summed E-state index contributed by atoms with van der Waals surface area (Å²) >= 11 is 0. The van der Waals surface area contributed by atoms with Crippen molar-refractivity contribution in [1.29, 1.82) is 0 Å². The van der Waals surface area contributed by atoms with Crippen LogP contribution in [0.4, 0.5) is 0 Å². The summed E-state index contributed by atoms with van der Waals surface area (Å²) < 4.78 is 0. The van der Waals surface area contributed by atoms with Crippen LogP contribution in [0.2, 0.25) is 0 Å². The van der Waals surface area contributed by atoms with Crippen molar-refractivity contribution in [3.05, 3.63) is 0 Å². The zero-order chi connectivity index (χ0) is 5.86. The summed E-state index contributed by atoms with van der Waals surface area (Å²) in [7, 11) is 0. The van der Waals surface area contributed by atoms with Crippen LogP contribution in [0.25, 0.3) is 0 Å². The van der Waals surface area contributed by atoms with E-state index < -0.39 is 0 Å². The Labute approximate surface area is 59.1 Å². The topological polar surface area (TPSA) is 34.1 Å². The fraction of sp³-hybridized carbons (Fsp3) is 0.600. The summed E-state index contributed by atoms with van der Waals surface area (Å²) in [5, 5.41) is 0. The Morgan fingerprint density at radius 3 is 1.38 bits per heavy atom. The number of ketones is 2. The van der Waals surface area contributed by atoms with Crippen LogP contribution in [-0.2, 0) is 26.7 Å².